The Hall–Kier alpha value is -1.43. The van der Waals surface area contributed by atoms with E-state index in [1.807, 2.05) is 14.0 Å². The molecule has 0 aliphatic carbocycles. The molecule has 6 nitrogen and oxygen atoms in total. The topological polar surface area (TPSA) is 71.2 Å². The van der Waals surface area contributed by atoms with Gasteiger partial charge in [-0.3, -0.25) is 14.4 Å². The van der Waals surface area contributed by atoms with Gasteiger partial charge in [0.2, 0.25) is 0 Å². The molecule has 0 aromatic carbocycles. The third-order valence-corrected chi connectivity index (χ3v) is 3.46. The summed E-state index contributed by atoms with van der Waals surface area (Å²) < 4.78 is 1.73. The minimum Gasteiger partial charge on any atom is -0.481 e. The van der Waals surface area contributed by atoms with Crippen molar-refractivity contribution in [3.8, 4) is 0 Å². The number of likely N-dealkylation sites (tertiary alicyclic amines) is 1. The van der Waals surface area contributed by atoms with E-state index in [4.69, 9.17) is 0 Å². The average Bonchev–Trinajstić information content (AvgIpc) is 2.64. The van der Waals surface area contributed by atoms with Crippen molar-refractivity contribution in [2.75, 3.05) is 13.1 Å². The summed E-state index contributed by atoms with van der Waals surface area (Å²) in [5.41, 5.74) is -0.628. The SMILES string of the molecule is Cn1ncnc1CN1CCCC(C)(C(=O)O)C1. The van der Waals surface area contributed by atoms with Crippen molar-refractivity contribution in [2.24, 2.45) is 12.5 Å². The van der Waals surface area contributed by atoms with Gasteiger partial charge in [0.1, 0.15) is 12.2 Å². The highest BCUT2D eigenvalue weighted by Crippen LogP contribution is 2.30. The molecule has 0 radical (unpaired) electrons. The first-order valence-corrected chi connectivity index (χ1v) is 5.80. The van der Waals surface area contributed by atoms with Crippen LogP contribution in [0.2, 0.25) is 0 Å². The molecule has 1 aliphatic rings. The lowest BCUT2D eigenvalue weighted by Gasteiger charge is -2.37. The number of piperidine rings is 1. The van der Waals surface area contributed by atoms with Gasteiger partial charge in [-0.15, -0.1) is 0 Å². The fourth-order valence-corrected chi connectivity index (χ4v) is 2.32. The lowest BCUT2D eigenvalue weighted by Crippen LogP contribution is -2.45. The standard InChI is InChI=1S/C11H18N4O2/c1-11(10(16)17)4-3-5-15(7-11)6-9-12-8-13-14(9)2/h8H,3-7H2,1-2H3,(H,16,17). The summed E-state index contributed by atoms with van der Waals surface area (Å²) in [5.74, 6) is 0.166. The van der Waals surface area contributed by atoms with Gasteiger partial charge in [-0.2, -0.15) is 5.10 Å². The van der Waals surface area contributed by atoms with Crippen molar-refractivity contribution < 1.29 is 9.90 Å². The average molecular weight is 238 g/mol. The monoisotopic (exact) mass is 238 g/mol. The number of nitrogens with zero attached hydrogens (tertiary/aromatic N) is 4. The van der Waals surface area contributed by atoms with E-state index in [1.165, 1.54) is 6.33 Å². The Morgan fingerprint density at radius 2 is 2.41 bits per heavy atom. The van der Waals surface area contributed by atoms with Gasteiger partial charge in [-0.25, -0.2) is 4.98 Å². The van der Waals surface area contributed by atoms with Crippen molar-refractivity contribution >= 4 is 5.97 Å². The van der Waals surface area contributed by atoms with Crippen LogP contribution >= 0.6 is 0 Å². The number of carbonyl (C=O) groups is 1. The molecular weight excluding hydrogens is 220 g/mol. The van der Waals surface area contributed by atoms with Gasteiger partial charge in [0.25, 0.3) is 0 Å². The largest absolute Gasteiger partial charge is 0.481 e. The fourth-order valence-electron chi connectivity index (χ4n) is 2.32. The summed E-state index contributed by atoms with van der Waals surface area (Å²) in [6.45, 7) is 3.99. The van der Waals surface area contributed by atoms with E-state index in [0.717, 1.165) is 25.2 Å². The van der Waals surface area contributed by atoms with E-state index in [1.54, 1.807) is 4.68 Å². The maximum Gasteiger partial charge on any atom is 0.310 e. The Balaban J connectivity index is 2.03. The number of hydrogen-bond donors (Lipinski definition) is 1. The zero-order valence-electron chi connectivity index (χ0n) is 10.3. The second-order valence-corrected chi connectivity index (χ2v) is 4.98. The molecule has 0 saturated carbocycles. The van der Waals surface area contributed by atoms with Crippen molar-refractivity contribution in [1.29, 1.82) is 0 Å². The van der Waals surface area contributed by atoms with Crippen molar-refractivity contribution in [2.45, 2.75) is 26.3 Å². The number of aromatic nitrogens is 3. The maximum atomic E-state index is 11.2. The molecule has 1 N–H and O–H groups in total. The minimum absolute atomic E-state index is 0.579. The zero-order valence-corrected chi connectivity index (χ0v) is 10.3. The Labute approximate surface area is 100 Å². The van der Waals surface area contributed by atoms with Crippen molar-refractivity contribution in [1.82, 2.24) is 19.7 Å². The third kappa shape index (κ3) is 2.46. The van der Waals surface area contributed by atoms with Gasteiger partial charge < -0.3 is 5.11 Å². The van der Waals surface area contributed by atoms with E-state index in [-0.39, 0.29) is 0 Å². The van der Waals surface area contributed by atoms with Crippen LogP contribution < -0.4 is 0 Å². The molecule has 2 heterocycles. The second kappa shape index (κ2) is 4.44. The molecule has 0 spiro atoms. The van der Waals surface area contributed by atoms with Crippen LogP contribution in [-0.4, -0.2) is 43.8 Å². The molecule has 1 saturated heterocycles. The zero-order chi connectivity index (χ0) is 12.5. The predicted molar refractivity (Wildman–Crippen MR) is 61.3 cm³/mol. The van der Waals surface area contributed by atoms with E-state index in [0.29, 0.717) is 13.1 Å². The summed E-state index contributed by atoms with van der Waals surface area (Å²) in [5, 5.41) is 13.3. The lowest BCUT2D eigenvalue weighted by atomic mass is 9.82. The van der Waals surface area contributed by atoms with Crippen molar-refractivity contribution in [3.05, 3.63) is 12.2 Å². The lowest BCUT2D eigenvalue weighted by molar-refractivity contribution is -0.151. The van der Waals surface area contributed by atoms with Crippen LogP contribution in [0.4, 0.5) is 0 Å². The summed E-state index contributed by atoms with van der Waals surface area (Å²) in [7, 11) is 1.85. The quantitative estimate of drug-likeness (QED) is 0.830. The van der Waals surface area contributed by atoms with Gasteiger partial charge in [0.15, 0.2) is 0 Å². The van der Waals surface area contributed by atoms with Gasteiger partial charge >= 0.3 is 5.97 Å². The molecule has 1 aromatic rings. The van der Waals surface area contributed by atoms with E-state index in [2.05, 4.69) is 15.0 Å². The van der Waals surface area contributed by atoms with Crippen LogP contribution in [0.25, 0.3) is 0 Å². The maximum absolute atomic E-state index is 11.2. The van der Waals surface area contributed by atoms with Gasteiger partial charge in [0.05, 0.1) is 12.0 Å². The molecule has 1 unspecified atom stereocenters. The summed E-state index contributed by atoms with van der Waals surface area (Å²) in [6, 6.07) is 0. The van der Waals surface area contributed by atoms with E-state index in [9.17, 15) is 9.90 Å². The number of carboxylic acid groups (broad SMARTS) is 1. The van der Waals surface area contributed by atoms with E-state index < -0.39 is 11.4 Å². The molecule has 94 valence electrons. The van der Waals surface area contributed by atoms with Gasteiger partial charge in [-0.05, 0) is 26.3 Å². The summed E-state index contributed by atoms with van der Waals surface area (Å²) in [4.78, 5) is 17.5. The first kappa shape index (κ1) is 12.0. The number of carboxylic acids is 1. The van der Waals surface area contributed by atoms with Crippen LogP contribution in [0.15, 0.2) is 6.33 Å². The molecular formula is C11H18N4O2. The number of aliphatic carboxylic acids is 1. The smallest absolute Gasteiger partial charge is 0.310 e. The first-order chi connectivity index (χ1) is 8.01. The van der Waals surface area contributed by atoms with Crippen LogP contribution in [0.3, 0.4) is 0 Å². The predicted octanol–water partition coefficient (Wildman–Crippen LogP) is 0.502. The van der Waals surface area contributed by atoms with Gasteiger partial charge in [0, 0.05) is 13.6 Å². The Morgan fingerprint density at radius 1 is 1.65 bits per heavy atom. The fraction of sp³-hybridized carbons (Fsp3) is 0.727. The van der Waals surface area contributed by atoms with Crippen LogP contribution in [-0.2, 0) is 18.4 Å². The summed E-state index contributed by atoms with van der Waals surface area (Å²) in [6.07, 6.45) is 3.19. The number of hydrogen-bond acceptors (Lipinski definition) is 4. The highest BCUT2D eigenvalue weighted by molar-refractivity contribution is 5.74. The van der Waals surface area contributed by atoms with Crippen LogP contribution in [0.5, 0.6) is 0 Å². The Morgan fingerprint density at radius 3 is 3.00 bits per heavy atom. The minimum atomic E-state index is -0.708. The third-order valence-electron chi connectivity index (χ3n) is 3.46. The molecule has 2 rings (SSSR count). The van der Waals surface area contributed by atoms with Crippen molar-refractivity contribution in [3.63, 3.8) is 0 Å². The molecule has 1 aromatic heterocycles. The first-order valence-electron chi connectivity index (χ1n) is 5.80. The highest BCUT2D eigenvalue weighted by atomic mass is 16.4. The molecule has 1 fully saturated rings. The highest BCUT2D eigenvalue weighted by Gasteiger charge is 2.37. The molecule has 0 amide bonds. The Kier molecular flexibility index (Phi) is 3.15. The molecule has 17 heavy (non-hydrogen) atoms. The number of aryl methyl sites for hydroxylation is 1. The molecule has 1 atom stereocenters. The normalized spacial score (nSPS) is 26.0. The van der Waals surface area contributed by atoms with E-state index >= 15 is 0 Å². The van der Waals surface area contributed by atoms with Gasteiger partial charge in [-0.1, -0.05) is 0 Å². The molecule has 0 bridgehead atoms. The summed E-state index contributed by atoms with van der Waals surface area (Å²) >= 11 is 0. The number of rotatable bonds is 3. The second-order valence-electron chi connectivity index (χ2n) is 4.98. The van der Waals surface area contributed by atoms with Crippen LogP contribution in [0, 0.1) is 5.41 Å². The molecule has 6 heteroatoms. The Bertz CT molecular complexity index is 417. The van der Waals surface area contributed by atoms with Crippen LogP contribution in [0.1, 0.15) is 25.6 Å². The molecule has 1 aliphatic heterocycles.